The van der Waals surface area contributed by atoms with Crippen molar-refractivity contribution in [2.75, 3.05) is 0 Å². The Hall–Kier alpha value is -1.75. The van der Waals surface area contributed by atoms with Gasteiger partial charge in [0.1, 0.15) is 11.6 Å². The second-order valence-electron chi connectivity index (χ2n) is 7.56. The van der Waals surface area contributed by atoms with E-state index in [-0.39, 0.29) is 17.1 Å². The van der Waals surface area contributed by atoms with Crippen LogP contribution in [0.1, 0.15) is 52.1 Å². The summed E-state index contributed by atoms with van der Waals surface area (Å²) in [6.45, 7) is 8.33. The standard InChI is InChI=1S/C18H22F2N2O/c1-17(2)8-12(9-18(3,4)23-17)16-10-22(11-21-16)15-6-13(19)5-14(20)7-15/h5-7,10-12H,8-9H2,1-4H3. The Morgan fingerprint density at radius 1 is 1.04 bits per heavy atom. The number of benzene rings is 1. The van der Waals surface area contributed by atoms with Crippen molar-refractivity contribution in [2.45, 2.75) is 57.7 Å². The highest BCUT2D eigenvalue weighted by Crippen LogP contribution is 2.42. The van der Waals surface area contributed by atoms with E-state index in [0.29, 0.717) is 5.69 Å². The van der Waals surface area contributed by atoms with Gasteiger partial charge in [-0.05, 0) is 52.7 Å². The fourth-order valence-electron chi connectivity index (χ4n) is 3.68. The highest BCUT2D eigenvalue weighted by molar-refractivity contribution is 5.33. The van der Waals surface area contributed by atoms with Crippen LogP contribution in [0.2, 0.25) is 0 Å². The molecule has 0 atom stereocenters. The molecule has 1 aliphatic heterocycles. The van der Waals surface area contributed by atoms with Crippen molar-refractivity contribution in [1.29, 1.82) is 0 Å². The van der Waals surface area contributed by atoms with E-state index in [2.05, 4.69) is 32.7 Å². The van der Waals surface area contributed by atoms with Crippen molar-refractivity contribution < 1.29 is 13.5 Å². The second-order valence-corrected chi connectivity index (χ2v) is 7.56. The first-order chi connectivity index (χ1) is 10.6. The van der Waals surface area contributed by atoms with Crippen molar-refractivity contribution in [3.8, 4) is 5.69 Å². The molecule has 3 rings (SSSR count). The molecular formula is C18H22F2N2O. The third-order valence-electron chi connectivity index (χ3n) is 4.19. The minimum Gasteiger partial charge on any atom is -0.370 e. The lowest BCUT2D eigenvalue weighted by molar-refractivity contribution is -0.162. The van der Waals surface area contributed by atoms with Gasteiger partial charge in [-0.25, -0.2) is 13.8 Å². The molecular weight excluding hydrogens is 298 g/mol. The van der Waals surface area contributed by atoms with Crippen LogP contribution in [0.4, 0.5) is 8.78 Å². The summed E-state index contributed by atoms with van der Waals surface area (Å²) in [5.41, 5.74) is 0.924. The molecule has 1 aromatic carbocycles. The summed E-state index contributed by atoms with van der Waals surface area (Å²) in [4.78, 5) is 4.47. The second kappa shape index (κ2) is 5.41. The molecule has 0 N–H and O–H groups in total. The van der Waals surface area contributed by atoms with E-state index in [1.54, 1.807) is 10.9 Å². The highest BCUT2D eigenvalue weighted by Gasteiger charge is 2.40. The lowest BCUT2D eigenvalue weighted by atomic mass is 9.79. The Kier molecular flexibility index (Phi) is 3.79. The fourth-order valence-corrected chi connectivity index (χ4v) is 3.68. The number of hydrogen-bond acceptors (Lipinski definition) is 2. The minimum atomic E-state index is -0.594. The predicted octanol–water partition coefficient (Wildman–Crippen LogP) is 4.60. The summed E-state index contributed by atoms with van der Waals surface area (Å²) < 4.78 is 34.5. The van der Waals surface area contributed by atoms with Crippen LogP contribution in [-0.4, -0.2) is 20.8 Å². The molecule has 0 bridgehead atoms. The van der Waals surface area contributed by atoms with E-state index >= 15 is 0 Å². The maximum Gasteiger partial charge on any atom is 0.128 e. The van der Waals surface area contributed by atoms with Gasteiger partial charge in [0, 0.05) is 18.2 Å². The molecule has 0 amide bonds. The van der Waals surface area contributed by atoms with Crippen molar-refractivity contribution >= 4 is 0 Å². The van der Waals surface area contributed by atoms with Gasteiger partial charge in [-0.3, -0.25) is 0 Å². The van der Waals surface area contributed by atoms with Gasteiger partial charge in [0.05, 0.1) is 28.9 Å². The number of hydrogen-bond donors (Lipinski definition) is 0. The molecule has 2 aromatic rings. The van der Waals surface area contributed by atoms with E-state index < -0.39 is 11.6 Å². The van der Waals surface area contributed by atoms with Crippen molar-refractivity contribution in [3.05, 3.63) is 48.1 Å². The lowest BCUT2D eigenvalue weighted by Crippen LogP contribution is -2.44. The first kappa shape index (κ1) is 16.1. The Morgan fingerprint density at radius 2 is 1.61 bits per heavy atom. The molecule has 0 saturated carbocycles. The summed E-state index contributed by atoms with van der Waals surface area (Å²) in [5, 5.41) is 0. The topological polar surface area (TPSA) is 27.1 Å². The van der Waals surface area contributed by atoms with E-state index in [0.717, 1.165) is 24.6 Å². The van der Waals surface area contributed by atoms with E-state index in [9.17, 15) is 8.78 Å². The number of rotatable bonds is 2. The molecule has 3 nitrogen and oxygen atoms in total. The Bertz CT molecular complexity index is 685. The van der Waals surface area contributed by atoms with Crippen LogP contribution in [0.15, 0.2) is 30.7 Å². The molecule has 2 heterocycles. The van der Waals surface area contributed by atoms with Crippen molar-refractivity contribution in [1.82, 2.24) is 9.55 Å². The van der Waals surface area contributed by atoms with Gasteiger partial charge in [-0.2, -0.15) is 0 Å². The maximum absolute atomic E-state index is 13.4. The summed E-state index contributed by atoms with van der Waals surface area (Å²) in [7, 11) is 0. The van der Waals surface area contributed by atoms with Gasteiger partial charge in [-0.1, -0.05) is 0 Å². The van der Waals surface area contributed by atoms with Crippen LogP contribution >= 0.6 is 0 Å². The summed E-state index contributed by atoms with van der Waals surface area (Å²) in [6, 6.07) is 3.46. The zero-order valence-corrected chi connectivity index (χ0v) is 13.9. The average molecular weight is 320 g/mol. The van der Waals surface area contributed by atoms with E-state index in [1.807, 2.05) is 6.20 Å². The summed E-state index contributed by atoms with van der Waals surface area (Å²) in [5.74, 6) is -0.930. The smallest absolute Gasteiger partial charge is 0.128 e. The Balaban J connectivity index is 1.89. The van der Waals surface area contributed by atoms with Gasteiger partial charge >= 0.3 is 0 Å². The molecule has 0 radical (unpaired) electrons. The molecule has 124 valence electrons. The molecule has 1 aromatic heterocycles. The van der Waals surface area contributed by atoms with Crippen LogP contribution in [0.25, 0.3) is 5.69 Å². The minimum absolute atomic E-state index is 0.221. The molecule has 0 spiro atoms. The maximum atomic E-state index is 13.4. The van der Waals surface area contributed by atoms with Gasteiger partial charge in [0.2, 0.25) is 0 Å². The average Bonchev–Trinajstić information content (AvgIpc) is 2.83. The number of halogens is 2. The first-order valence-corrected chi connectivity index (χ1v) is 7.84. The zero-order valence-electron chi connectivity index (χ0n) is 13.9. The molecule has 0 unspecified atom stereocenters. The van der Waals surface area contributed by atoms with Crippen molar-refractivity contribution in [3.63, 3.8) is 0 Å². The van der Waals surface area contributed by atoms with Gasteiger partial charge in [0.25, 0.3) is 0 Å². The largest absolute Gasteiger partial charge is 0.370 e. The van der Waals surface area contributed by atoms with Gasteiger partial charge in [-0.15, -0.1) is 0 Å². The van der Waals surface area contributed by atoms with Crippen molar-refractivity contribution in [2.24, 2.45) is 0 Å². The number of imidazole rings is 1. The van der Waals surface area contributed by atoms with Crippen LogP contribution in [0.5, 0.6) is 0 Å². The molecule has 1 aliphatic rings. The SMILES string of the molecule is CC1(C)CC(c2cn(-c3cc(F)cc(F)c3)cn2)CC(C)(C)O1. The molecule has 1 fully saturated rings. The van der Waals surface area contributed by atoms with Crippen LogP contribution in [0.3, 0.4) is 0 Å². The third kappa shape index (κ3) is 3.61. The summed E-state index contributed by atoms with van der Waals surface area (Å²) >= 11 is 0. The van der Waals surface area contributed by atoms with Gasteiger partial charge in [0.15, 0.2) is 0 Å². The molecule has 1 saturated heterocycles. The van der Waals surface area contributed by atoms with Crippen LogP contribution in [0, 0.1) is 11.6 Å². The summed E-state index contributed by atoms with van der Waals surface area (Å²) in [6.07, 6.45) is 5.20. The lowest BCUT2D eigenvalue weighted by Gasteiger charge is -2.45. The Labute approximate surface area is 135 Å². The van der Waals surface area contributed by atoms with Crippen LogP contribution < -0.4 is 0 Å². The normalized spacial score (nSPS) is 20.6. The Morgan fingerprint density at radius 3 is 2.17 bits per heavy atom. The van der Waals surface area contributed by atoms with E-state index in [4.69, 9.17) is 4.74 Å². The first-order valence-electron chi connectivity index (χ1n) is 7.84. The third-order valence-corrected chi connectivity index (χ3v) is 4.19. The molecule has 23 heavy (non-hydrogen) atoms. The van der Waals surface area contributed by atoms with Crippen LogP contribution in [-0.2, 0) is 4.74 Å². The fraction of sp³-hybridized carbons (Fsp3) is 0.500. The number of nitrogens with zero attached hydrogens (tertiary/aromatic N) is 2. The van der Waals surface area contributed by atoms with E-state index in [1.165, 1.54) is 12.1 Å². The number of ether oxygens (including phenoxy) is 1. The molecule has 0 aliphatic carbocycles. The monoisotopic (exact) mass is 320 g/mol. The predicted molar refractivity (Wildman–Crippen MR) is 84.7 cm³/mol. The zero-order chi connectivity index (χ0) is 16.8. The van der Waals surface area contributed by atoms with Gasteiger partial charge < -0.3 is 9.30 Å². The molecule has 5 heteroatoms. The quantitative estimate of drug-likeness (QED) is 0.808. The number of aromatic nitrogens is 2. The highest BCUT2D eigenvalue weighted by atomic mass is 19.1.